The fourth-order valence-electron chi connectivity index (χ4n) is 3.86. The van der Waals surface area contributed by atoms with Gasteiger partial charge in [0.1, 0.15) is 11.6 Å². The van der Waals surface area contributed by atoms with E-state index >= 15 is 0 Å². The van der Waals surface area contributed by atoms with Crippen molar-refractivity contribution in [1.29, 1.82) is 0 Å². The second-order valence-corrected chi connectivity index (χ2v) is 7.28. The van der Waals surface area contributed by atoms with E-state index in [4.69, 9.17) is 15.1 Å². The van der Waals surface area contributed by atoms with Crippen molar-refractivity contribution in [3.63, 3.8) is 0 Å². The first-order valence-electron chi connectivity index (χ1n) is 9.62. The number of anilines is 2. The number of aromatic nitrogens is 4. The highest BCUT2D eigenvalue weighted by Crippen LogP contribution is 2.27. The van der Waals surface area contributed by atoms with E-state index in [-0.39, 0.29) is 0 Å². The quantitative estimate of drug-likeness (QED) is 0.589. The molecule has 0 unspecified atom stereocenters. The summed E-state index contributed by atoms with van der Waals surface area (Å²) in [6, 6.07) is 16.2. The normalized spacial score (nSPS) is 15.4. The molecular weight excluding hydrogens is 352 g/mol. The van der Waals surface area contributed by atoms with Gasteiger partial charge in [0.05, 0.1) is 6.26 Å². The molecule has 0 bridgehead atoms. The molecule has 1 aliphatic rings. The molecule has 28 heavy (non-hydrogen) atoms. The summed E-state index contributed by atoms with van der Waals surface area (Å²) in [5.41, 5.74) is 7.64. The molecular formula is C21H22N6O. The predicted molar refractivity (Wildman–Crippen MR) is 108 cm³/mol. The number of furan rings is 1. The lowest BCUT2D eigenvalue weighted by Crippen LogP contribution is -2.35. The van der Waals surface area contributed by atoms with E-state index < -0.39 is 0 Å². The number of rotatable bonds is 4. The van der Waals surface area contributed by atoms with Crippen molar-refractivity contribution < 1.29 is 4.42 Å². The Morgan fingerprint density at radius 3 is 2.61 bits per heavy atom. The molecule has 0 spiro atoms. The standard InChI is InChI=1S/C21H22N6O/c22-18-14-19(23-21-24-20(25-27(18)21)17-7-4-12-28-17)26-10-8-16(9-11-26)13-15-5-2-1-3-6-15/h1-7,12,14,16H,8-11,13,22H2. The van der Waals surface area contributed by atoms with E-state index in [1.165, 1.54) is 5.56 Å². The van der Waals surface area contributed by atoms with Gasteiger partial charge in [-0.2, -0.15) is 14.5 Å². The van der Waals surface area contributed by atoms with Gasteiger partial charge in [0.2, 0.25) is 5.82 Å². The zero-order chi connectivity index (χ0) is 18.9. The van der Waals surface area contributed by atoms with Gasteiger partial charge in [-0.25, -0.2) is 0 Å². The van der Waals surface area contributed by atoms with Crippen LogP contribution >= 0.6 is 0 Å². The second kappa shape index (κ2) is 6.99. The Morgan fingerprint density at radius 1 is 1.04 bits per heavy atom. The van der Waals surface area contributed by atoms with Crippen molar-refractivity contribution in [2.75, 3.05) is 23.7 Å². The Kier molecular flexibility index (Phi) is 4.20. The summed E-state index contributed by atoms with van der Waals surface area (Å²) < 4.78 is 6.94. The third-order valence-corrected chi connectivity index (χ3v) is 5.37. The average Bonchev–Trinajstić information content (AvgIpc) is 3.39. The second-order valence-electron chi connectivity index (χ2n) is 7.28. The fourth-order valence-corrected chi connectivity index (χ4v) is 3.86. The monoisotopic (exact) mass is 374 g/mol. The summed E-state index contributed by atoms with van der Waals surface area (Å²) in [6.45, 7) is 1.94. The first-order chi connectivity index (χ1) is 13.8. The number of nitrogens with zero attached hydrogens (tertiary/aromatic N) is 5. The molecule has 1 aromatic carbocycles. The Hall–Kier alpha value is -3.35. The van der Waals surface area contributed by atoms with Crippen LogP contribution in [0.15, 0.2) is 59.2 Å². The van der Waals surface area contributed by atoms with Crippen LogP contribution in [-0.2, 0) is 6.42 Å². The SMILES string of the molecule is Nc1cc(N2CCC(Cc3ccccc3)CC2)nc2nc(-c3ccco3)nn12. The predicted octanol–water partition coefficient (Wildman–Crippen LogP) is 3.43. The maximum Gasteiger partial charge on any atom is 0.256 e. The Bertz CT molecular complexity index is 1070. The lowest BCUT2D eigenvalue weighted by Gasteiger charge is -2.33. The fraction of sp³-hybridized carbons (Fsp3) is 0.286. The number of nitrogens with two attached hydrogens (primary N) is 1. The maximum absolute atomic E-state index is 6.22. The molecule has 4 aromatic rings. The third-order valence-electron chi connectivity index (χ3n) is 5.37. The van der Waals surface area contributed by atoms with Crippen molar-refractivity contribution in [2.24, 2.45) is 5.92 Å². The minimum atomic E-state index is 0.489. The highest BCUT2D eigenvalue weighted by molar-refractivity contribution is 5.57. The average molecular weight is 374 g/mol. The molecule has 1 fully saturated rings. The Labute approximate surface area is 162 Å². The van der Waals surface area contributed by atoms with Gasteiger partial charge in [-0.3, -0.25) is 0 Å². The molecule has 1 aliphatic heterocycles. The van der Waals surface area contributed by atoms with Crippen LogP contribution in [0.2, 0.25) is 0 Å². The van der Waals surface area contributed by atoms with Crippen molar-refractivity contribution in [1.82, 2.24) is 19.6 Å². The number of hydrogen-bond acceptors (Lipinski definition) is 6. The highest BCUT2D eigenvalue weighted by atomic mass is 16.3. The van der Waals surface area contributed by atoms with Crippen LogP contribution in [0.3, 0.4) is 0 Å². The Balaban J connectivity index is 1.32. The number of benzene rings is 1. The number of hydrogen-bond donors (Lipinski definition) is 1. The van der Waals surface area contributed by atoms with Crippen LogP contribution in [0.4, 0.5) is 11.6 Å². The Morgan fingerprint density at radius 2 is 1.86 bits per heavy atom. The summed E-state index contributed by atoms with van der Waals surface area (Å²) in [4.78, 5) is 11.5. The summed E-state index contributed by atoms with van der Waals surface area (Å²) in [5, 5.41) is 4.41. The molecule has 142 valence electrons. The molecule has 7 heteroatoms. The first kappa shape index (κ1) is 16.8. The smallest absolute Gasteiger partial charge is 0.256 e. The number of piperidine rings is 1. The lowest BCUT2D eigenvalue weighted by atomic mass is 9.90. The summed E-state index contributed by atoms with van der Waals surface area (Å²) in [5.74, 6) is 3.68. The van der Waals surface area contributed by atoms with Crippen molar-refractivity contribution in [2.45, 2.75) is 19.3 Å². The van der Waals surface area contributed by atoms with Crippen LogP contribution in [0.1, 0.15) is 18.4 Å². The van der Waals surface area contributed by atoms with Gasteiger partial charge in [0, 0.05) is 19.2 Å². The van der Waals surface area contributed by atoms with Gasteiger partial charge >= 0.3 is 0 Å². The largest absolute Gasteiger partial charge is 0.461 e. The van der Waals surface area contributed by atoms with E-state index in [1.54, 1.807) is 10.8 Å². The van der Waals surface area contributed by atoms with E-state index in [2.05, 4.69) is 45.3 Å². The van der Waals surface area contributed by atoms with Crippen LogP contribution in [0.5, 0.6) is 0 Å². The minimum Gasteiger partial charge on any atom is -0.461 e. The third kappa shape index (κ3) is 3.19. The lowest BCUT2D eigenvalue weighted by molar-refractivity contribution is 0.402. The van der Waals surface area contributed by atoms with Gasteiger partial charge < -0.3 is 15.1 Å². The molecule has 0 amide bonds. The molecule has 2 N–H and O–H groups in total. The number of fused-ring (bicyclic) bond motifs is 1. The summed E-state index contributed by atoms with van der Waals surface area (Å²) in [6.07, 6.45) is 5.03. The zero-order valence-electron chi connectivity index (χ0n) is 15.5. The van der Waals surface area contributed by atoms with Gasteiger partial charge in [0.15, 0.2) is 5.76 Å². The topological polar surface area (TPSA) is 85.5 Å². The zero-order valence-corrected chi connectivity index (χ0v) is 15.5. The molecule has 4 heterocycles. The van der Waals surface area contributed by atoms with E-state index in [0.29, 0.717) is 29.1 Å². The van der Waals surface area contributed by atoms with Gasteiger partial charge in [-0.1, -0.05) is 30.3 Å². The number of nitrogen functional groups attached to an aromatic ring is 1. The molecule has 0 radical (unpaired) electrons. The minimum absolute atomic E-state index is 0.489. The van der Waals surface area contributed by atoms with Crippen LogP contribution < -0.4 is 10.6 Å². The molecule has 5 rings (SSSR count). The molecule has 0 saturated carbocycles. The molecule has 7 nitrogen and oxygen atoms in total. The summed E-state index contributed by atoms with van der Waals surface area (Å²) in [7, 11) is 0. The van der Waals surface area contributed by atoms with E-state index in [9.17, 15) is 0 Å². The van der Waals surface area contributed by atoms with Crippen molar-refractivity contribution >= 4 is 17.4 Å². The van der Waals surface area contributed by atoms with Crippen LogP contribution in [0, 0.1) is 5.92 Å². The van der Waals surface area contributed by atoms with Crippen molar-refractivity contribution in [3.8, 4) is 11.6 Å². The van der Waals surface area contributed by atoms with E-state index in [1.807, 2.05) is 18.2 Å². The maximum atomic E-state index is 6.22. The first-order valence-corrected chi connectivity index (χ1v) is 9.62. The van der Waals surface area contributed by atoms with Crippen molar-refractivity contribution in [3.05, 3.63) is 60.4 Å². The highest BCUT2D eigenvalue weighted by Gasteiger charge is 2.22. The van der Waals surface area contributed by atoms with Crippen LogP contribution in [-0.4, -0.2) is 32.7 Å². The summed E-state index contributed by atoms with van der Waals surface area (Å²) >= 11 is 0. The van der Waals surface area contributed by atoms with Crippen LogP contribution in [0.25, 0.3) is 17.4 Å². The molecule has 0 aliphatic carbocycles. The molecule has 0 atom stereocenters. The van der Waals surface area contributed by atoms with Gasteiger partial charge in [0.25, 0.3) is 5.78 Å². The molecule has 3 aromatic heterocycles. The molecule has 1 saturated heterocycles. The van der Waals surface area contributed by atoms with E-state index in [0.717, 1.165) is 38.2 Å². The van der Waals surface area contributed by atoms with Gasteiger partial charge in [-0.05, 0) is 42.9 Å². The van der Waals surface area contributed by atoms with Gasteiger partial charge in [-0.15, -0.1) is 5.10 Å².